The highest BCUT2D eigenvalue weighted by molar-refractivity contribution is 6.33. The minimum absolute atomic E-state index is 0.345. The van der Waals surface area contributed by atoms with E-state index in [2.05, 4.69) is 10.5 Å². The van der Waals surface area contributed by atoms with E-state index in [1.165, 1.54) is 0 Å². The van der Waals surface area contributed by atoms with E-state index in [9.17, 15) is 4.79 Å². The first-order chi connectivity index (χ1) is 10.1. The van der Waals surface area contributed by atoms with Crippen molar-refractivity contribution in [1.29, 1.82) is 0 Å². The van der Waals surface area contributed by atoms with Gasteiger partial charge in [-0.25, -0.2) is 5.43 Å². The van der Waals surface area contributed by atoms with E-state index in [0.29, 0.717) is 16.3 Å². The number of nitrogens with one attached hydrogen (secondary N) is 1. The molecule has 2 aromatic carbocycles. The maximum Gasteiger partial charge on any atom is 0.272 e. The highest BCUT2D eigenvalue weighted by Gasteiger charge is 2.08. The SMILES string of the molecule is COc1cccc(/C(C)=N\NC(=O)c2ccccc2Cl)c1. The molecule has 1 amide bonds. The van der Waals surface area contributed by atoms with Crippen LogP contribution in [0.5, 0.6) is 5.75 Å². The van der Waals surface area contributed by atoms with E-state index in [1.807, 2.05) is 31.2 Å². The van der Waals surface area contributed by atoms with Crippen LogP contribution in [0.1, 0.15) is 22.8 Å². The Balaban J connectivity index is 2.13. The molecule has 108 valence electrons. The Morgan fingerprint density at radius 1 is 1.19 bits per heavy atom. The van der Waals surface area contributed by atoms with Crippen molar-refractivity contribution in [3.8, 4) is 5.75 Å². The van der Waals surface area contributed by atoms with Crippen LogP contribution in [0.15, 0.2) is 53.6 Å². The van der Waals surface area contributed by atoms with Crippen LogP contribution in [-0.4, -0.2) is 18.7 Å². The number of hydrazone groups is 1. The second kappa shape index (κ2) is 6.90. The number of amides is 1. The Hall–Kier alpha value is -2.33. The molecule has 4 nitrogen and oxygen atoms in total. The van der Waals surface area contributed by atoms with Crippen LogP contribution in [0.3, 0.4) is 0 Å². The van der Waals surface area contributed by atoms with Crippen LogP contribution >= 0.6 is 11.6 Å². The maximum absolute atomic E-state index is 12.0. The van der Waals surface area contributed by atoms with Gasteiger partial charge in [0.25, 0.3) is 5.91 Å². The molecular formula is C16H15ClN2O2. The van der Waals surface area contributed by atoms with Crippen LogP contribution in [0.4, 0.5) is 0 Å². The molecule has 0 radical (unpaired) electrons. The molecule has 0 spiro atoms. The minimum Gasteiger partial charge on any atom is -0.497 e. The Bertz CT molecular complexity index is 683. The number of hydrogen-bond acceptors (Lipinski definition) is 3. The zero-order valence-electron chi connectivity index (χ0n) is 11.8. The summed E-state index contributed by atoms with van der Waals surface area (Å²) in [6.07, 6.45) is 0. The van der Waals surface area contributed by atoms with Gasteiger partial charge in [0.2, 0.25) is 0 Å². The van der Waals surface area contributed by atoms with Crippen molar-refractivity contribution < 1.29 is 9.53 Å². The van der Waals surface area contributed by atoms with Crippen LogP contribution in [0, 0.1) is 0 Å². The summed E-state index contributed by atoms with van der Waals surface area (Å²) in [6.45, 7) is 1.81. The number of carbonyl (C=O) groups is 1. The van der Waals surface area contributed by atoms with Gasteiger partial charge in [-0.05, 0) is 31.2 Å². The summed E-state index contributed by atoms with van der Waals surface area (Å²) in [5.74, 6) is 0.391. The molecular weight excluding hydrogens is 288 g/mol. The summed E-state index contributed by atoms with van der Waals surface area (Å²) >= 11 is 5.97. The predicted molar refractivity (Wildman–Crippen MR) is 84.1 cm³/mol. The molecule has 1 N–H and O–H groups in total. The topological polar surface area (TPSA) is 50.7 Å². The van der Waals surface area contributed by atoms with Gasteiger partial charge >= 0.3 is 0 Å². The number of methoxy groups -OCH3 is 1. The van der Waals surface area contributed by atoms with E-state index in [1.54, 1.807) is 31.4 Å². The Morgan fingerprint density at radius 3 is 2.67 bits per heavy atom. The molecule has 0 aliphatic heterocycles. The zero-order valence-corrected chi connectivity index (χ0v) is 12.5. The number of carbonyl (C=O) groups excluding carboxylic acids is 1. The molecule has 0 aliphatic rings. The summed E-state index contributed by atoms with van der Waals surface area (Å²) in [6, 6.07) is 14.3. The average Bonchev–Trinajstić information content (AvgIpc) is 2.52. The van der Waals surface area contributed by atoms with E-state index in [4.69, 9.17) is 16.3 Å². The fourth-order valence-corrected chi connectivity index (χ4v) is 1.97. The number of benzene rings is 2. The highest BCUT2D eigenvalue weighted by atomic mass is 35.5. The maximum atomic E-state index is 12.0. The second-order valence-corrected chi connectivity index (χ2v) is 4.76. The van der Waals surface area contributed by atoms with E-state index in [0.717, 1.165) is 11.3 Å². The first-order valence-electron chi connectivity index (χ1n) is 6.35. The van der Waals surface area contributed by atoms with Gasteiger partial charge in [-0.1, -0.05) is 35.9 Å². The van der Waals surface area contributed by atoms with Gasteiger partial charge in [0.1, 0.15) is 5.75 Å². The molecule has 0 saturated heterocycles. The molecule has 0 atom stereocenters. The Morgan fingerprint density at radius 2 is 1.95 bits per heavy atom. The average molecular weight is 303 g/mol. The standard InChI is InChI=1S/C16H15ClN2O2/c1-11(12-6-5-7-13(10-12)21-2)18-19-16(20)14-8-3-4-9-15(14)17/h3-10H,1-2H3,(H,19,20)/b18-11-. The number of nitrogens with zero attached hydrogens (tertiary/aromatic N) is 1. The number of rotatable bonds is 4. The number of hydrogen-bond donors (Lipinski definition) is 1. The summed E-state index contributed by atoms with van der Waals surface area (Å²) in [7, 11) is 1.60. The highest BCUT2D eigenvalue weighted by Crippen LogP contribution is 2.15. The van der Waals surface area contributed by atoms with Crippen molar-refractivity contribution in [3.05, 3.63) is 64.7 Å². The molecule has 0 aromatic heterocycles. The summed E-state index contributed by atoms with van der Waals surface area (Å²) < 4.78 is 5.16. The minimum atomic E-state index is -0.345. The third-order valence-electron chi connectivity index (χ3n) is 2.93. The lowest BCUT2D eigenvalue weighted by Gasteiger charge is -2.06. The normalized spacial score (nSPS) is 11.1. The van der Waals surface area contributed by atoms with Crippen LogP contribution in [0.2, 0.25) is 5.02 Å². The van der Waals surface area contributed by atoms with Crippen molar-refractivity contribution in [2.75, 3.05) is 7.11 Å². The number of halogens is 1. The molecule has 0 aliphatic carbocycles. The Kier molecular flexibility index (Phi) is 4.95. The molecule has 2 rings (SSSR count). The van der Waals surface area contributed by atoms with Crippen molar-refractivity contribution in [3.63, 3.8) is 0 Å². The van der Waals surface area contributed by atoms with Gasteiger partial charge in [-0.2, -0.15) is 5.10 Å². The van der Waals surface area contributed by atoms with Gasteiger partial charge in [-0.3, -0.25) is 4.79 Å². The molecule has 2 aromatic rings. The first kappa shape index (κ1) is 15.1. The lowest BCUT2D eigenvalue weighted by Crippen LogP contribution is -2.19. The van der Waals surface area contributed by atoms with Crippen LogP contribution in [-0.2, 0) is 0 Å². The molecule has 0 bridgehead atoms. The van der Waals surface area contributed by atoms with E-state index >= 15 is 0 Å². The fourth-order valence-electron chi connectivity index (χ4n) is 1.75. The summed E-state index contributed by atoms with van der Waals surface area (Å²) in [5, 5.41) is 4.48. The Labute approximate surface area is 128 Å². The van der Waals surface area contributed by atoms with Crippen molar-refractivity contribution in [2.24, 2.45) is 5.10 Å². The summed E-state index contributed by atoms with van der Waals surface area (Å²) in [4.78, 5) is 12.0. The molecule has 0 heterocycles. The van der Waals surface area contributed by atoms with E-state index in [-0.39, 0.29) is 5.91 Å². The number of ether oxygens (including phenoxy) is 1. The van der Waals surface area contributed by atoms with Crippen molar-refractivity contribution in [2.45, 2.75) is 6.92 Å². The fraction of sp³-hybridized carbons (Fsp3) is 0.125. The lowest BCUT2D eigenvalue weighted by atomic mass is 10.1. The van der Waals surface area contributed by atoms with Gasteiger partial charge < -0.3 is 4.74 Å². The van der Waals surface area contributed by atoms with Crippen LogP contribution in [0.25, 0.3) is 0 Å². The summed E-state index contributed by atoms with van der Waals surface area (Å²) in [5.41, 5.74) is 4.43. The quantitative estimate of drug-likeness (QED) is 0.694. The van der Waals surface area contributed by atoms with Crippen molar-refractivity contribution in [1.82, 2.24) is 5.43 Å². The molecule has 21 heavy (non-hydrogen) atoms. The second-order valence-electron chi connectivity index (χ2n) is 4.35. The third kappa shape index (κ3) is 3.83. The van der Waals surface area contributed by atoms with Gasteiger partial charge in [0, 0.05) is 5.56 Å². The predicted octanol–water partition coefficient (Wildman–Crippen LogP) is 3.50. The van der Waals surface area contributed by atoms with Gasteiger partial charge in [0.05, 0.1) is 23.4 Å². The van der Waals surface area contributed by atoms with Crippen LogP contribution < -0.4 is 10.2 Å². The van der Waals surface area contributed by atoms with E-state index < -0.39 is 0 Å². The first-order valence-corrected chi connectivity index (χ1v) is 6.73. The molecule has 0 saturated carbocycles. The third-order valence-corrected chi connectivity index (χ3v) is 3.26. The van der Waals surface area contributed by atoms with Crippen molar-refractivity contribution >= 4 is 23.2 Å². The lowest BCUT2D eigenvalue weighted by molar-refractivity contribution is 0.0955. The van der Waals surface area contributed by atoms with Gasteiger partial charge in [0.15, 0.2) is 0 Å². The monoisotopic (exact) mass is 302 g/mol. The molecule has 0 unspecified atom stereocenters. The largest absolute Gasteiger partial charge is 0.497 e. The smallest absolute Gasteiger partial charge is 0.272 e. The van der Waals surface area contributed by atoms with Gasteiger partial charge in [-0.15, -0.1) is 0 Å². The molecule has 0 fully saturated rings. The molecule has 5 heteroatoms. The zero-order chi connectivity index (χ0) is 15.2.